The number of thiophene rings is 1. The van der Waals surface area contributed by atoms with Crippen LogP contribution in [0.15, 0.2) is 24.5 Å². The Kier molecular flexibility index (Phi) is 5.36. The molecule has 1 aliphatic rings. The van der Waals surface area contributed by atoms with Crippen LogP contribution in [0.5, 0.6) is 5.75 Å². The number of aryl methyl sites for hydroxylation is 1. The Bertz CT molecular complexity index is 1100. The smallest absolute Gasteiger partial charge is 0.346 e. The van der Waals surface area contributed by atoms with E-state index in [2.05, 4.69) is 29.1 Å². The summed E-state index contributed by atoms with van der Waals surface area (Å²) in [6, 6.07) is 4.36. The van der Waals surface area contributed by atoms with Gasteiger partial charge in [0, 0.05) is 6.07 Å². The molecule has 0 unspecified atom stereocenters. The highest BCUT2D eigenvalue weighted by atomic mass is 32.1. The average Bonchev–Trinajstić information content (AvgIpc) is 3.03. The minimum absolute atomic E-state index is 0.0345. The minimum Gasteiger partial charge on any atom is -0.488 e. The Hall–Kier alpha value is -2.74. The second-order valence-electron chi connectivity index (χ2n) is 8.51. The van der Waals surface area contributed by atoms with E-state index < -0.39 is 5.97 Å². The number of hydrogen-bond acceptors (Lipinski definition) is 6. The summed E-state index contributed by atoms with van der Waals surface area (Å²) < 4.78 is 20.2. The van der Waals surface area contributed by atoms with Gasteiger partial charge < -0.3 is 15.2 Å². The fourth-order valence-corrected chi connectivity index (χ4v) is 4.85. The predicted octanol–water partition coefficient (Wildman–Crippen LogP) is 5.93. The lowest BCUT2D eigenvalue weighted by Crippen LogP contribution is -2.28. The summed E-state index contributed by atoms with van der Waals surface area (Å²) in [4.78, 5) is 20.8. The van der Waals surface area contributed by atoms with E-state index in [9.17, 15) is 14.3 Å². The number of aromatic nitrogens is 2. The molecule has 8 heteroatoms. The highest BCUT2D eigenvalue weighted by molar-refractivity contribution is 7.20. The monoisotopic (exact) mass is 429 g/mol. The van der Waals surface area contributed by atoms with Gasteiger partial charge in [-0.05, 0) is 55.7 Å². The van der Waals surface area contributed by atoms with Gasteiger partial charge in [0.1, 0.15) is 33.4 Å². The summed E-state index contributed by atoms with van der Waals surface area (Å²) in [5, 5.41) is 13.3. The molecule has 1 aromatic carbocycles. The Labute approximate surface area is 178 Å². The SMILES string of the molecule is Cc1c(C(=O)O)sc2ncnc(Nc3ccc(F)cc3OC3CCC(C)(C)CC3)c12. The van der Waals surface area contributed by atoms with Gasteiger partial charge in [-0.25, -0.2) is 19.2 Å². The predicted molar refractivity (Wildman–Crippen MR) is 115 cm³/mol. The molecule has 0 amide bonds. The molecule has 0 radical (unpaired) electrons. The van der Waals surface area contributed by atoms with Crippen LogP contribution in [0.25, 0.3) is 10.2 Å². The molecule has 158 valence electrons. The van der Waals surface area contributed by atoms with Crippen molar-refractivity contribution in [1.29, 1.82) is 0 Å². The van der Waals surface area contributed by atoms with Crippen molar-refractivity contribution in [2.45, 2.75) is 52.6 Å². The molecule has 2 heterocycles. The van der Waals surface area contributed by atoms with Gasteiger partial charge in [0.2, 0.25) is 0 Å². The number of anilines is 2. The van der Waals surface area contributed by atoms with Crippen LogP contribution in [0.3, 0.4) is 0 Å². The molecule has 1 saturated carbocycles. The van der Waals surface area contributed by atoms with Gasteiger partial charge in [0.15, 0.2) is 0 Å². The van der Waals surface area contributed by atoms with Crippen LogP contribution >= 0.6 is 11.3 Å². The van der Waals surface area contributed by atoms with Crippen LogP contribution in [0.2, 0.25) is 0 Å². The van der Waals surface area contributed by atoms with Crippen LogP contribution in [0.1, 0.15) is 54.8 Å². The zero-order valence-corrected chi connectivity index (χ0v) is 18.0. The molecular formula is C22H24FN3O3S. The van der Waals surface area contributed by atoms with Gasteiger partial charge in [-0.2, -0.15) is 0 Å². The van der Waals surface area contributed by atoms with Crippen molar-refractivity contribution in [2.75, 3.05) is 5.32 Å². The van der Waals surface area contributed by atoms with E-state index in [0.29, 0.717) is 38.4 Å². The maximum atomic E-state index is 14.0. The first kappa shape index (κ1) is 20.5. The fraction of sp³-hybridized carbons (Fsp3) is 0.409. The van der Waals surface area contributed by atoms with E-state index in [1.54, 1.807) is 13.0 Å². The summed E-state index contributed by atoms with van der Waals surface area (Å²) in [5.41, 5.74) is 1.50. The van der Waals surface area contributed by atoms with Crippen molar-refractivity contribution < 1.29 is 19.0 Å². The van der Waals surface area contributed by atoms with E-state index in [1.807, 2.05) is 0 Å². The Morgan fingerprint density at radius 1 is 1.30 bits per heavy atom. The third-order valence-electron chi connectivity index (χ3n) is 5.70. The second-order valence-corrected chi connectivity index (χ2v) is 9.51. The first-order valence-corrected chi connectivity index (χ1v) is 10.8. The highest BCUT2D eigenvalue weighted by Crippen LogP contribution is 2.39. The lowest BCUT2D eigenvalue weighted by molar-refractivity contribution is 0.0701. The standard InChI is InChI=1S/C22H24FN3O3S/c1-12-17-19(24-11-25-20(17)30-18(12)21(27)28)26-15-5-4-13(23)10-16(15)29-14-6-8-22(2,3)9-7-14/h4-5,10-11,14H,6-9H2,1-3H3,(H,27,28)(H,24,25,26). The number of rotatable bonds is 5. The summed E-state index contributed by atoms with van der Waals surface area (Å²) >= 11 is 1.11. The molecule has 6 nitrogen and oxygen atoms in total. The molecule has 3 aromatic rings. The Balaban J connectivity index is 1.65. The number of benzene rings is 1. The number of nitrogens with one attached hydrogen (secondary N) is 1. The first-order valence-electron chi connectivity index (χ1n) is 9.94. The van der Waals surface area contributed by atoms with Gasteiger partial charge in [-0.3, -0.25) is 0 Å². The van der Waals surface area contributed by atoms with Crippen molar-refractivity contribution in [2.24, 2.45) is 5.41 Å². The maximum Gasteiger partial charge on any atom is 0.346 e. The van der Waals surface area contributed by atoms with Crippen molar-refractivity contribution in [1.82, 2.24) is 9.97 Å². The van der Waals surface area contributed by atoms with Gasteiger partial charge in [0.05, 0.1) is 17.2 Å². The van der Waals surface area contributed by atoms with E-state index in [0.717, 1.165) is 37.0 Å². The fourth-order valence-electron chi connectivity index (χ4n) is 3.87. The third-order valence-corrected chi connectivity index (χ3v) is 6.89. The van der Waals surface area contributed by atoms with Crippen molar-refractivity contribution in [3.05, 3.63) is 40.8 Å². The summed E-state index contributed by atoms with van der Waals surface area (Å²) in [6.45, 7) is 6.25. The topological polar surface area (TPSA) is 84.3 Å². The van der Waals surface area contributed by atoms with Gasteiger partial charge in [-0.15, -0.1) is 11.3 Å². The summed E-state index contributed by atoms with van der Waals surface area (Å²) in [6.07, 6.45) is 5.40. The van der Waals surface area contributed by atoms with Crippen LogP contribution in [0, 0.1) is 18.2 Å². The Morgan fingerprint density at radius 2 is 2.03 bits per heavy atom. The molecule has 1 aliphatic carbocycles. The lowest BCUT2D eigenvalue weighted by Gasteiger charge is -2.34. The zero-order valence-electron chi connectivity index (χ0n) is 17.2. The number of aromatic carboxylic acids is 1. The third kappa shape index (κ3) is 4.09. The van der Waals surface area contributed by atoms with Crippen LogP contribution in [-0.4, -0.2) is 27.1 Å². The van der Waals surface area contributed by atoms with E-state index in [4.69, 9.17) is 4.74 Å². The Morgan fingerprint density at radius 3 is 2.73 bits per heavy atom. The molecule has 1 fully saturated rings. The molecule has 0 saturated heterocycles. The molecule has 4 rings (SSSR count). The van der Waals surface area contributed by atoms with Crippen molar-refractivity contribution >= 4 is 39.0 Å². The number of fused-ring (bicyclic) bond motifs is 1. The number of ether oxygens (including phenoxy) is 1. The molecule has 30 heavy (non-hydrogen) atoms. The summed E-state index contributed by atoms with van der Waals surface area (Å²) in [5.74, 6) is -0.466. The molecule has 0 aliphatic heterocycles. The normalized spacial score (nSPS) is 16.5. The molecule has 0 spiro atoms. The number of nitrogens with zero attached hydrogens (tertiary/aromatic N) is 2. The minimum atomic E-state index is -0.993. The number of carboxylic acids is 1. The average molecular weight is 430 g/mol. The number of hydrogen-bond donors (Lipinski definition) is 2. The van der Waals surface area contributed by atoms with E-state index >= 15 is 0 Å². The molecule has 0 bridgehead atoms. The van der Waals surface area contributed by atoms with Crippen LogP contribution in [0.4, 0.5) is 15.9 Å². The first-order chi connectivity index (χ1) is 14.2. The van der Waals surface area contributed by atoms with Crippen LogP contribution in [-0.2, 0) is 0 Å². The molecule has 0 atom stereocenters. The van der Waals surface area contributed by atoms with Crippen LogP contribution < -0.4 is 10.1 Å². The summed E-state index contributed by atoms with van der Waals surface area (Å²) in [7, 11) is 0. The molecular weight excluding hydrogens is 405 g/mol. The zero-order chi connectivity index (χ0) is 21.5. The van der Waals surface area contributed by atoms with Gasteiger partial charge in [-0.1, -0.05) is 13.8 Å². The number of carbonyl (C=O) groups is 1. The number of carboxylic acid groups (broad SMARTS) is 1. The molecule has 2 N–H and O–H groups in total. The number of halogens is 1. The van der Waals surface area contributed by atoms with E-state index in [-0.39, 0.29) is 16.8 Å². The van der Waals surface area contributed by atoms with Gasteiger partial charge >= 0.3 is 5.97 Å². The highest BCUT2D eigenvalue weighted by Gasteiger charge is 2.28. The van der Waals surface area contributed by atoms with E-state index in [1.165, 1.54) is 18.5 Å². The quantitative estimate of drug-likeness (QED) is 0.523. The lowest BCUT2D eigenvalue weighted by atomic mass is 9.76. The van der Waals surface area contributed by atoms with Crippen molar-refractivity contribution in [3.8, 4) is 5.75 Å². The largest absolute Gasteiger partial charge is 0.488 e. The van der Waals surface area contributed by atoms with Crippen molar-refractivity contribution in [3.63, 3.8) is 0 Å². The molecule has 2 aromatic heterocycles. The maximum absolute atomic E-state index is 14.0. The van der Waals surface area contributed by atoms with Gasteiger partial charge in [0.25, 0.3) is 0 Å². The second kappa shape index (κ2) is 7.83.